The van der Waals surface area contributed by atoms with Crippen molar-refractivity contribution in [2.24, 2.45) is 0 Å². The summed E-state index contributed by atoms with van der Waals surface area (Å²) in [5, 5.41) is 2.88. The molecular formula is C24H25BrN2O4S. The number of benzene rings is 3. The van der Waals surface area contributed by atoms with Gasteiger partial charge in [-0.15, -0.1) is 0 Å². The molecule has 0 aliphatic carbocycles. The first-order valence-corrected chi connectivity index (χ1v) is 12.4. The van der Waals surface area contributed by atoms with Gasteiger partial charge in [0.1, 0.15) is 5.75 Å². The molecule has 2 N–H and O–H groups in total. The van der Waals surface area contributed by atoms with E-state index in [0.29, 0.717) is 18.7 Å². The Hall–Kier alpha value is -2.68. The van der Waals surface area contributed by atoms with E-state index in [1.165, 1.54) is 24.3 Å². The second kappa shape index (κ2) is 11.3. The second-order valence-electron chi connectivity index (χ2n) is 7.24. The molecule has 0 saturated carbocycles. The van der Waals surface area contributed by atoms with Crippen molar-refractivity contribution in [1.29, 1.82) is 0 Å². The lowest BCUT2D eigenvalue weighted by molar-refractivity contribution is -0.123. The van der Waals surface area contributed by atoms with Crippen molar-refractivity contribution in [2.45, 2.75) is 24.3 Å². The summed E-state index contributed by atoms with van der Waals surface area (Å²) in [7, 11) is -3.62. The second-order valence-corrected chi connectivity index (χ2v) is 9.92. The highest BCUT2D eigenvalue weighted by Crippen LogP contribution is 2.18. The number of rotatable bonds is 10. The van der Waals surface area contributed by atoms with Gasteiger partial charge >= 0.3 is 0 Å². The van der Waals surface area contributed by atoms with Crippen LogP contribution in [0.5, 0.6) is 5.75 Å². The van der Waals surface area contributed by atoms with E-state index >= 15 is 0 Å². The molecule has 8 heteroatoms. The van der Waals surface area contributed by atoms with Gasteiger partial charge in [0.25, 0.3) is 5.91 Å². The number of carbonyl (C=O) groups excluding carboxylic acids is 1. The first-order valence-electron chi connectivity index (χ1n) is 10.1. The van der Waals surface area contributed by atoms with Crippen molar-refractivity contribution in [3.63, 3.8) is 0 Å². The highest BCUT2D eigenvalue weighted by atomic mass is 79.9. The van der Waals surface area contributed by atoms with Gasteiger partial charge in [-0.3, -0.25) is 4.79 Å². The zero-order valence-electron chi connectivity index (χ0n) is 17.6. The van der Waals surface area contributed by atoms with E-state index in [0.717, 1.165) is 15.6 Å². The van der Waals surface area contributed by atoms with Crippen molar-refractivity contribution >= 4 is 31.9 Å². The van der Waals surface area contributed by atoms with Crippen molar-refractivity contribution in [2.75, 3.05) is 13.2 Å². The zero-order valence-corrected chi connectivity index (χ0v) is 20.0. The molecule has 0 aliphatic heterocycles. The number of hydrogen-bond donors (Lipinski definition) is 2. The minimum Gasteiger partial charge on any atom is -0.484 e. The number of carbonyl (C=O) groups is 1. The first-order chi connectivity index (χ1) is 15.3. The summed E-state index contributed by atoms with van der Waals surface area (Å²) in [6.07, 6.45) is 0.606. The van der Waals surface area contributed by atoms with Gasteiger partial charge in [-0.05, 0) is 60.9 Å². The molecule has 3 aromatic carbocycles. The first kappa shape index (κ1) is 24.0. The SMILES string of the molecule is CC(NC(=O)COc1ccc(S(=O)(=O)NCCc2ccccc2)cc1)c1cccc(Br)c1. The summed E-state index contributed by atoms with van der Waals surface area (Å²) in [6, 6.07) is 23.2. The van der Waals surface area contributed by atoms with Crippen LogP contribution in [0.15, 0.2) is 88.2 Å². The Kier molecular flexibility index (Phi) is 8.44. The maximum absolute atomic E-state index is 12.5. The predicted octanol–water partition coefficient (Wildman–Crippen LogP) is 4.23. The fourth-order valence-electron chi connectivity index (χ4n) is 3.06. The molecule has 0 saturated heterocycles. The van der Waals surface area contributed by atoms with Crippen LogP contribution in [0.3, 0.4) is 0 Å². The Morgan fingerprint density at radius 2 is 1.72 bits per heavy atom. The fourth-order valence-corrected chi connectivity index (χ4v) is 4.51. The van der Waals surface area contributed by atoms with Crippen molar-refractivity contribution in [1.82, 2.24) is 10.0 Å². The monoisotopic (exact) mass is 516 g/mol. The lowest BCUT2D eigenvalue weighted by atomic mass is 10.1. The molecule has 0 bridgehead atoms. The van der Waals surface area contributed by atoms with Gasteiger partial charge < -0.3 is 10.1 Å². The van der Waals surface area contributed by atoms with Crippen LogP contribution in [-0.4, -0.2) is 27.5 Å². The van der Waals surface area contributed by atoms with Crippen molar-refractivity contribution in [3.05, 3.63) is 94.5 Å². The molecule has 1 unspecified atom stereocenters. The molecule has 1 amide bonds. The largest absolute Gasteiger partial charge is 0.484 e. The van der Waals surface area contributed by atoms with Crippen LogP contribution < -0.4 is 14.8 Å². The van der Waals surface area contributed by atoms with E-state index in [-0.39, 0.29) is 23.5 Å². The van der Waals surface area contributed by atoms with E-state index in [2.05, 4.69) is 26.0 Å². The fraction of sp³-hybridized carbons (Fsp3) is 0.208. The molecule has 1 atom stereocenters. The van der Waals surface area contributed by atoms with Gasteiger partial charge in [0.15, 0.2) is 6.61 Å². The molecule has 168 valence electrons. The number of halogens is 1. The molecule has 3 rings (SSSR count). The summed E-state index contributed by atoms with van der Waals surface area (Å²) < 4.78 is 34.0. The normalized spacial score (nSPS) is 12.2. The summed E-state index contributed by atoms with van der Waals surface area (Å²) in [5.74, 6) is 0.148. The van der Waals surface area contributed by atoms with Crippen molar-refractivity contribution in [3.8, 4) is 5.75 Å². The molecule has 0 spiro atoms. The lowest BCUT2D eigenvalue weighted by Crippen LogP contribution is -2.31. The number of ether oxygens (including phenoxy) is 1. The highest BCUT2D eigenvalue weighted by molar-refractivity contribution is 9.10. The topological polar surface area (TPSA) is 84.5 Å². The summed E-state index contributed by atoms with van der Waals surface area (Å²) in [5.41, 5.74) is 2.04. The predicted molar refractivity (Wildman–Crippen MR) is 128 cm³/mol. The van der Waals surface area contributed by atoms with E-state index in [4.69, 9.17) is 4.74 Å². The van der Waals surface area contributed by atoms with Crippen LogP contribution in [0.1, 0.15) is 24.1 Å². The Bertz CT molecular complexity index is 1140. The molecule has 0 fully saturated rings. The van der Waals surface area contributed by atoms with E-state index in [1.54, 1.807) is 0 Å². The molecule has 32 heavy (non-hydrogen) atoms. The third kappa shape index (κ3) is 7.19. The minimum atomic E-state index is -3.62. The van der Waals surface area contributed by atoms with E-state index in [9.17, 15) is 13.2 Å². The summed E-state index contributed by atoms with van der Waals surface area (Å²) in [6.45, 7) is 2.03. The zero-order chi connectivity index (χ0) is 23.0. The number of hydrogen-bond acceptors (Lipinski definition) is 4. The highest BCUT2D eigenvalue weighted by Gasteiger charge is 2.14. The molecule has 3 aromatic rings. The smallest absolute Gasteiger partial charge is 0.258 e. The minimum absolute atomic E-state index is 0.144. The molecule has 0 radical (unpaired) electrons. The van der Waals surface area contributed by atoms with Crippen LogP contribution in [0.2, 0.25) is 0 Å². The van der Waals surface area contributed by atoms with Gasteiger partial charge in [-0.1, -0.05) is 58.4 Å². The maximum Gasteiger partial charge on any atom is 0.258 e. The lowest BCUT2D eigenvalue weighted by Gasteiger charge is -2.15. The van der Waals surface area contributed by atoms with E-state index in [1.807, 2.05) is 61.5 Å². The molecular weight excluding hydrogens is 492 g/mol. The van der Waals surface area contributed by atoms with Gasteiger partial charge in [-0.2, -0.15) is 0 Å². The van der Waals surface area contributed by atoms with Crippen LogP contribution in [0.4, 0.5) is 0 Å². The Labute approximate surface area is 197 Å². The number of sulfonamides is 1. The van der Waals surface area contributed by atoms with Crippen LogP contribution >= 0.6 is 15.9 Å². The van der Waals surface area contributed by atoms with E-state index < -0.39 is 10.0 Å². The summed E-state index contributed by atoms with van der Waals surface area (Å²) in [4.78, 5) is 12.3. The Morgan fingerprint density at radius 1 is 1.00 bits per heavy atom. The molecule has 0 aliphatic rings. The van der Waals surface area contributed by atoms with Crippen LogP contribution in [0.25, 0.3) is 0 Å². The third-order valence-corrected chi connectivity index (χ3v) is 6.75. The quantitative estimate of drug-likeness (QED) is 0.422. The standard InChI is InChI=1S/C24H25BrN2O4S/c1-18(20-8-5-9-21(25)16-20)27-24(28)17-31-22-10-12-23(13-11-22)32(29,30)26-15-14-19-6-3-2-4-7-19/h2-13,16,18,26H,14-15,17H2,1H3,(H,27,28). The number of nitrogens with one attached hydrogen (secondary N) is 2. The van der Waals surface area contributed by atoms with Gasteiger partial charge in [-0.25, -0.2) is 13.1 Å². The average molecular weight is 517 g/mol. The van der Waals surface area contributed by atoms with Gasteiger partial charge in [0.05, 0.1) is 10.9 Å². The van der Waals surface area contributed by atoms with Gasteiger partial charge in [0, 0.05) is 11.0 Å². The average Bonchev–Trinajstić information content (AvgIpc) is 2.78. The maximum atomic E-state index is 12.5. The molecule has 6 nitrogen and oxygen atoms in total. The van der Waals surface area contributed by atoms with Crippen LogP contribution in [-0.2, 0) is 21.2 Å². The Balaban J connectivity index is 1.47. The third-order valence-electron chi connectivity index (χ3n) is 4.78. The molecule has 0 aromatic heterocycles. The van der Waals surface area contributed by atoms with Gasteiger partial charge in [0.2, 0.25) is 10.0 Å². The van der Waals surface area contributed by atoms with Crippen molar-refractivity contribution < 1.29 is 17.9 Å². The van der Waals surface area contributed by atoms with Crippen LogP contribution in [0, 0.1) is 0 Å². The summed E-state index contributed by atoms with van der Waals surface area (Å²) >= 11 is 3.42. The molecule has 0 heterocycles. The number of amides is 1. The Morgan fingerprint density at radius 3 is 2.41 bits per heavy atom.